The molecule has 0 saturated heterocycles. The van der Waals surface area contributed by atoms with Crippen molar-refractivity contribution in [2.75, 3.05) is 13.1 Å². The second-order valence-corrected chi connectivity index (χ2v) is 2.74. The van der Waals surface area contributed by atoms with Crippen molar-refractivity contribution in [1.82, 2.24) is 5.32 Å². The summed E-state index contributed by atoms with van der Waals surface area (Å²) in [6.07, 6.45) is 7.85. The Morgan fingerprint density at radius 3 is 3.00 bits per heavy atom. The Morgan fingerprint density at radius 2 is 2.36 bits per heavy atom. The predicted molar refractivity (Wildman–Crippen MR) is 46.6 cm³/mol. The van der Waals surface area contributed by atoms with Crippen LogP contribution in [0.15, 0.2) is 22.1 Å². The predicted octanol–water partition coefficient (Wildman–Crippen LogP) is 0.0382. The van der Waals surface area contributed by atoms with Crippen molar-refractivity contribution in [2.24, 2.45) is 9.98 Å². The monoisotopic (exact) mass is 149 g/mol. The Labute approximate surface area is 65.9 Å². The summed E-state index contributed by atoms with van der Waals surface area (Å²) in [5.41, 5.74) is 0. The van der Waals surface area contributed by atoms with Crippen LogP contribution in [0.2, 0.25) is 0 Å². The normalized spacial score (nSPS) is 34.9. The molecule has 3 heteroatoms. The van der Waals surface area contributed by atoms with E-state index in [1.807, 2.05) is 0 Å². The standard InChI is InChI=1S/C8H11N3/c1-2-7(10-3-1)8-6-9-4-5-11-8/h1-2,4-5,7-8,10H,3,6H2. The van der Waals surface area contributed by atoms with Crippen molar-refractivity contribution < 1.29 is 0 Å². The van der Waals surface area contributed by atoms with E-state index in [2.05, 4.69) is 27.5 Å². The molecule has 0 fully saturated rings. The van der Waals surface area contributed by atoms with Gasteiger partial charge in [0.15, 0.2) is 0 Å². The summed E-state index contributed by atoms with van der Waals surface area (Å²) in [6.45, 7) is 1.79. The first-order valence-electron chi connectivity index (χ1n) is 3.88. The molecule has 0 aromatic carbocycles. The number of rotatable bonds is 1. The smallest absolute Gasteiger partial charge is 0.0883 e. The van der Waals surface area contributed by atoms with Crippen LogP contribution < -0.4 is 5.32 Å². The third kappa shape index (κ3) is 1.38. The third-order valence-electron chi connectivity index (χ3n) is 1.97. The number of hydrogen-bond acceptors (Lipinski definition) is 3. The molecule has 11 heavy (non-hydrogen) atoms. The fourth-order valence-electron chi connectivity index (χ4n) is 1.37. The van der Waals surface area contributed by atoms with Gasteiger partial charge in [0.1, 0.15) is 0 Å². The average Bonchev–Trinajstić information content (AvgIpc) is 2.58. The van der Waals surface area contributed by atoms with Gasteiger partial charge in [0.25, 0.3) is 0 Å². The van der Waals surface area contributed by atoms with Crippen LogP contribution in [0.5, 0.6) is 0 Å². The molecule has 3 nitrogen and oxygen atoms in total. The Balaban J connectivity index is 1.99. The lowest BCUT2D eigenvalue weighted by Gasteiger charge is -2.18. The highest BCUT2D eigenvalue weighted by Crippen LogP contribution is 2.06. The number of nitrogens with zero attached hydrogens (tertiary/aromatic N) is 2. The molecule has 0 amide bonds. The van der Waals surface area contributed by atoms with E-state index in [-0.39, 0.29) is 0 Å². The first-order valence-corrected chi connectivity index (χ1v) is 3.88. The van der Waals surface area contributed by atoms with E-state index in [4.69, 9.17) is 0 Å². The minimum atomic E-state index is 0.318. The molecule has 2 unspecified atom stereocenters. The van der Waals surface area contributed by atoms with Gasteiger partial charge in [0.2, 0.25) is 0 Å². The molecule has 0 aromatic rings. The van der Waals surface area contributed by atoms with Gasteiger partial charge in [-0.15, -0.1) is 0 Å². The van der Waals surface area contributed by atoms with E-state index in [0.717, 1.165) is 13.1 Å². The lowest BCUT2D eigenvalue weighted by atomic mass is 10.1. The maximum Gasteiger partial charge on any atom is 0.0883 e. The fraction of sp³-hybridized carbons (Fsp3) is 0.500. The maximum atomic E-state index is 4.32. The van der Waals surface area contributed by atoms with Crippen LogP contribution in [0, 0.1) is 0 Å². The molecule has 0 spiro atoms. The van der Waals surface area contributed by atoms with Crippen LogP contribution in [0.3, 0.4) is 0 Å². The van der Waals surface area contributed by atoms with Crippen molar-refractivity contribution in [3.63, 3.8) is 0 Å². The average molecular weight is 149 g/mol. The van der Waals surface area contributed by atoms with E-state index in [1.165, 1.54) is 0 Å². The van der Waals surface area contributed by atoms with Crippen LogP contribution in [-0.4, -0.2) is 37.6 Å². The molecular weight excluding hydrogens is 138 g/mol. The number of hydrogen-bond donors (Lipinski definition) is 1. The third-order valence-corrected chi connectivity index (χ3v) is 1.97. The number of aliphatic imine (C=N–C) groups is 2. The quantitative estimate of drug-likeness (QED) is 0.525. The molecule has 2 rings (SSSR count). The van der Waals surface area contributed by atoms with E-state index in [1.54, 1.807) is 12.4 Å². The van der Waals surface area contributed by atoms with Crippen LogP contribution >= 0.6 is 0 Å². The zero-order valence-corrected chi connectivity index (χ0v) is 6.27. The zero-order valence-electron chi connectivity index (χ0n) is 6.27. The van der Waals surface area contributed by atoms with E-state index in [9.17, 15) is 0 Å². The summed E-state index contributed by atoms with van der Waals surface area (Å²) in [6, 6.07) is 0.724. The Kier molecular flexibility index (Phi) is 1.81. The van der Waals surface area contributed by atoms with Gasteiger partial charge in [-0.25, -0.2) is 0 Å². The summed E-state index contributed by atoms with van der Waals surface area (Å²) >= 11 is 0. The van der Waals surface area contributed by atoms with Crippen molar-refractivity contribution in [1.29, 1.82) is 0 Å². The molecule has 2 aliphatic heterocycles. The summed E-state index contributed by atoms with van der Waals surface area (Å²) in [5, 5.41) is 3.33. The van der Waals surface area contributed by atoms with E-state index >= 15 is 0 Å². The minimum absolute atomic E-state index is 0.318. The van der Waals surface area contributed by atoms with Crippen LogP contribution in [0.1, 0.15) is 0 Å². The van der Waals surface area contributed by atoms with Gasteiger partial charge in [-0.2, -0.15) is 0 Å². The van der Waals surface area contributed by atoms with Crippen LogP contribution in [-0.2, 0) is 0 Å². The molecule has 1 N–H and O–H groups in total. The second-order valence-electron chi connectivity index (χ2n) is 2.74. The van der Waals surface area contributed by atoms with E-state index in [0.29, 0.717) is 12.1 Å². The second kappa shape index (κ2) is 2.96. The summed E-state index contributed by atoms with van der Waals surface area (Å²) in [4.78, 5) is 8.48. The van der Waals surface area contributed by atoms with Gasteiger partial charge in [0.05, 0.1) is 12.6 Å². The van der Waals surface area contributed by atoms with Gasteiger partial charge in [-0.1, -0.05) is 12.2 Å². The molecule has 0 radical (unpaired) electrons. The minimum Gasteiger partial charge on any atom is -0.305 e. The van der Waals surface area contributed by atoms with Gasteiger partial charge >= 0.3 is 0 Å². The van der Waals surface area contributed by atoms with Crippen molar-refractivity contribution >= 4 is 12.4 Å². The Hall–Kier alpha value is -0.960. The highest BCUT2D eigenvalue weighted by atomic mass is 15.0. The first kappa shape index (κ1) is 6.73. The fourth-order valence-corrected chi connectivity index (χ4v) is 1.37. The molecule has 0 bridgehead atoms. The maximum absolute atomic E-state index is 4.32. The lowest BCUT2D eigenvalue weighted by Crippen LogP contribution is -2.36. The van der Waals surface area contributed by atoms with Crippen molar-refractivity contribution in [3.8, 4) is 0 Å². The molecule has 58 valence electrons. The molecule has 2 aliphatic rings. The summed E-state index contributed by atoms with van der Waals surface area (Å²) in [7, 11) is 0. The Bertz CT molecular complexity index is 217. The zero-order chi connectivity index (χ0) is 7.52. The van der Waals surface area contributed by atoms with Gasteiger partial charge in [-0.3, -0.25) is 9.98 Å². The highest BCUT2D eigenvalue weighted by molar-refractivity contribution is 6.16. The molecule has 2 atom stereocenters. The van der Waals surface area contributed by atoms with Crippen molar-refractivity contribution in [2.45, 2.75) is 12.1 Å². The SMILES string of the molecule is C1=CC(C2CN=CC=N2)NC1. The Morgan fingerprint density at radius 1 is 1.36 bits per heavy atom. The number of nitrogens with one attached hydrogen (secondary N) is 1. The highest BCUT2D eigenvalue weighted by Gasteiger charge is 2.19. The molecule has 0 aromatic heterocycles. The lowest BCUT2D eigenvalue weighted by molar-refractivity contribution is 0.543. The molecular formula is C8H11N3. The van der Waals surface area contributed by atoms with E-state index < -0.39 is 0 Å². The first-order chi connectivity index (χ1) is 5.47. The summed E-state index contributed by atoms with van der Waals surface area (Å²) < 4.78 is 0. The summed E-state index contributed by atoms with van der Waals surface area (Å²) in [5.74, 6) is 0. The van der Waals surface area contributed by atoms with Crippen LogP contribution in [0.4, 0.5) is 0 Å². The van der Waals surface area contributed by atoms with Gasteiger partial charge in [0, 0.05) is 25.0 Å². The van der Waals surface area contributed by atoms with Crippen LogP contribution in [0.25, 0.3) is 0 Å². The molecule has 0 saturated carbocycles. The largest absolute Gasteiger partial charge is 0.305 e. The molecule has 0 aliphatic carbocycles. The van der Waals surface area contributed by atoms with Crippen molar-refractivity contribution in [3.05, 3.63) is 12.2 Å². The van der Waals surface area contributed by atoms with Gasteiger partial charge < -0.3 is 5.32 Å². The van der Waals surface area contributed by atoms with Gasteiger partial charge in [-0.05, 0) is 0 Å². The molecule has 2 heterocycles. The topological polar surface area (TPSA) is 36.8 Å².